The molecule has 5 nitrogen and oxygen atoms in total. The molecule has 106 valence electrons. The zero-order chi connectivity index (χ0) is 14.2. The number of nitrogens with zero attached hydrogens (tertiary/aromatic N) is 3. The van der Waals surface area contributed by atoms with Gasteiger partial charge in [-0.1, -0.05) is 13.8 Å². The second-order valence-electron chi connectivity index (χ2n) is 5.91. The van der Waals surface area contributed by atoms with Gasteiger partial charge in [0.15, 0.2) is 0 Å². The highest BCUT2D eigenvalue weighted by Crippen LogP contribution is 2.22. The number of carbonyl (C=O) groups excluding carboxylic acids is 1. The standard InChI is InChI=1S/C14H24N4O/c1-9(2)12(5)15-14(19)17-7-13(8-17)18-11(4)6-10(3)16-18/h6,9,12-13H,7-8H2,1-5H3,(H,15,19)/t12-/m0/s1. The molecular weight excluding hydrogens is 240 g/mol. The predicted molar refractivity (Wildman–Crippen MR) is 75.1 cm³/mol. The zero-order valence-electron chi connectivity index (χ0n) is 12.5. The third-order valence-corrected chi connectivity index (χ3v) is 3.89. The molecule has 1 aliphatic heterocycles. The number of rotatable bonds is 3. The molecule has 0 aromatic carbocycles. The quantitative estimate of drug-likeness (QED) is 0.909. The summed E-state index contributed by atoms with van der Waals surface area (Å²) in [7, 11) is 0. The fourth-order valence-corrected chi connectivity index (χ4v) is 2.24. The van der Waals surface area contributed by atoms with Crippen LogP contribution in [0, 0.1) is 19.8 Å². The number of aryl methyl sites for hydroxylation is 2. The lowest BCUT2D eigenvalue weighted by Crippen LogP contribution is -2.56. The minimum atomic E-state index is 0.0407. The molecule has 2 heterocycles. The van der Waals surface area contributed by atoms with Crippen LogP contribution in [0.4, 0.5) is 4.79 Å². The van der Waals surface area contributed by atoms with Crippen molar-refractivity contribution in [3.63, 3.8) is 0 Å². The summed E-state index contributed by atoms with van der Waals surface area (Å²) in [6.07, 6.45) is 0. The number of aromatic nitrogens is 2. The van der Waals surface area contributed by atoms with E-state index in [1.807, 2.05) is 23.4 Å². The van der Waals surface area contributed by atoms with E-state index < -0.39 is 0 Å². The first-order valence-electron chi connectivity index (χ1n) is 6.96. The van der Waals surface area contributed by atoms with Gasteiger partial charge in [0.05, 0.1) is 11.7 Å². The highest BCUT2D eigenvalue weighted by atomic mass is 16.2. The molecule has 5 heteroatoms. The van der Waals surface area contributed by atoms with E-state index in [4.69, 9.17) is 0 Å². The average Bonchev–Trinajstić information content (AvgIpc) is 2.55. The maximum Gasteiger partial charge on any atom is 0.317 e. The Morgan fingerprint density at radius 3 is 2.47 bits per heavy atom. The van der Waals surface area contributed by atoms with Crippen LogP contribution >= 0.6 is 0 Å². The van der Waals surface area contributed by atoms with Crippen molar-refractivity contribution in [2.24, 2.45) is 5.92 Å². The Bertz CT molecular complexity index is 460. The summed E-state index contributed by atoms with van der Waals surface area (Å²) >= 11 is 0. The first-order valence-corrected chi connectivity index (χ1v) is 6.96. The average molecular weight is 264 g/mol. The van der Waals surface area contributed by atoms with Crippen LogP contribution in [0.3, 0.4) is 0 Å². The van der Waals surface area contributed by atoms with E-state index in [0.29, 0.717) is 12.0 Å². The van der Waals surface area contributed by atoms with E-state index in [-0.39, 0.29) is 12.1 Å². The maximum atomic E-state index is 12.0. The van der Waals surface area contributed by atoms with Crippen molar-refractivity contribution in [3.8, 4) is 0 Å². The fourth-order valence-electron chi connectivity index (χ4n) is 2.24. The monoisotopic (exact) mass is 264 g/mol. The molecule has 0 saturated carbocycles. The summed E-state index contributed by atoms with van der Waals surface area (Å²) in [6, 6.07) is 2.65. The topological polar surface area (TPSA) is 50.2 Å². The highest BCUT2D eigenvalue weighted by Gasteiger charge is 2.33. The molecule has 1 N–H and O–H groups in total. The Morgan fingerprint density at radius 2 is 2.00 bits per heavy atom. The first-order chi connectivity index (χ1) is 8.88. The van der Waals surface area contributed by atoms with Crippen molar-refractivity contribution in [1.82, 2.24) is 20.0 Å². The Labute approximate surface area is 115 Å². The van der Waals surface area contributed by atoms with Crippen LogP contribution < -0.4 is 5.32 Å². The molecule has 1 fully saturated rings. The van der Waals surface area contributed by atoms with Gasteiger partial charge in [-0.3, -0.25) is 4.68 Å². The minimum Gasteiger partial charge on any atom is -0.335 e. The van der Waals surface area contributed by atoms with Crippen molar-refractivity contribution < 1.29 is 4.79 Å². The van der Waals surface area contributed by atoms with E-state index in [1.54, 1.807) is 0 Å². The molecule has 0 aliphatic carbocycles. The maximum absolute atomic E-state index is 12.0. The molecule has 0 radical (unpaired) electrons. The fraction of sp³-hybridized carbons (Fsp3) is 0.714. The zero-order valence-corrected chi connectivity index (χ0v) is 12.5. The molecule has 1 aliphatic rings. The molecule has 2 rings (SSSR count). The van der Waals surface area contributed by atoms with Crippen molar-refractivity contribution >= 4 is 6.03 Å². The summed E-state index contributed by atoms with van der Waals surface area (Å²) in [5, 5.41) is 7.50. The lowest BCUT2D eigenvalue weighted by Gasteiger charge is -2.40. The Kier molecular flexibility index (Phi) is 3.83. The molecule has 0 bridgehead atoms. The van der Waals surface area contributed by atoms with E-state index in [1.165, 1.54) is 0 Å². The molecule has 1 aromatic heterocycles. The van der Waals surface area contributed by atoms with Gasteiger partial charge in [0.25, 0.3) is 0 Å². The van der Waals surface area contributed by atoms with Gasteiger partial charge in [-0.05, 0) is 32.8 Å². The normalized spacial score (nSPS) is 17.5. The van der Waals surface area contributed by atoms with Gasteiger partial charge in [-0.25, -0.2) is 4.79 Å². The third-order valence-electron chi connectivity index (χ3n) is 3.89. The largest absolute Gasteiger partial charge is 0.335 e. The highest BCUT2D eigenvalue weighted by molar-refractivity contribution is 5.75. The first kappa shape index (κ1) is 13.9. The SMILES string of the molecule is Cc1cc(C)n(C2CN(C(=O)N[C@@H](C)C(C)C)C2)n1. The van der Waals surface area contributed by atoms with E-state index >= 15 is 0 Å². The van der Waals surface area contributed by atoms with Crippen molar-refractivity contribution in [3.05, 3.63) is 17.5 Å². The van der Waals surface area contributed by atoms with Crippen molar-refractivity contribution in [1.29, 1.82) is 0 Å². The Morgan fingerprint density at radius 1 is 1.37 bits per heavy atom. The van der Waals surface area contributed by atoms with Crippen molar-refractivity contribution in [2.45, 2.75) is 46.7 Å². The summed E-state index contributed by atoms with van der Waals surface area (Å²) in [5.41, 5.74) is 2.20. The predicted octanol–water partition coefficient (Wildman–Crippen LogP) is 2.11. The van der Waals surface area contributed by atoms with Gasteiger partial charge in [0, 0.05) is 24.8 Å². The number of hydrogen-bond donors (Lipinski definition) is 1. The molecule has 0 spiro atoms. The van der Waals surface area contributed by atoms with Gasteiger partial charge < -0.3 is 10.2 Å². The van der Waals surface area contributed by atoms with E-state index in [0.717, 1.165) is 24.5 Å². The second kappa shape index (κ2) is 5.23. The Hall–Kier alpha value is -1.52. The number of carbonyl (C=O) groups is 1. The minimum absolute atomic E-state index is 0.0407. The van der Waals surface area contributed by atoms with E-state index in [2.05, 4.69) is 37.3 Å². The van der Waals surface area contributed by atoms with Crippen LogP contribution in [0.5, 0.6) is 0 Å². The van der Waals surface area contributed by atoms with E-state index in [9.17, 15) is 4.79 Å². The second-order valence-corrected chi connectivity index (χ2v) is 5.91. The van der Waals surface area contributed by atoms with Crippen LogP contribution in [0.2, 0.25) is 0 Å². The number of urea groups is 1. The Balaban J connectivity index is 1.86. The van der Waals surface area contributed by atoms with Crippen LogP contribution in [0.25, 0.3) is 0 Å². The van der Waals surface area contributed by atoms with Gasteiger partial charge in [-0.15, -0.1) is 0 Å². The van der Waals surface area contributed by atoms with Gasteiger partial charge in [0.1, 0.15) is 0 Å². The molecule has 1 atom stereocenters. The smallest absolute Gasteiger partial charge is 0.317 e. The van der Waals surface area contributed by atoms with Crippen LogP contribution in [0.15, 0.2) is 6.07 Å². The number of amides is 2. The van der Waals surface area contributed by atoms with Crippen molar-refractivity contribution in [2.75, 3.05) is 13.1 Å². The lowest BCUT2D eigenvalue weighted by molar-refractivity contribution is 0.114. The van der Waals surface area contributed by atoms with Crippen LogP contribution in [-0.2, 0) is 0 Å². The lowest BCUT2D eigenvalue weighted by atomic mass is 10.1. The molecule has 19 heavy (non-hydrogen) atoms. The van der Waals surface area contributed by atoms with Crippen LogP contribution in [0.1, 0.15) is 38.2 Å². The van der Waals surface area contributed by atoms with Gasteiger partial charge in [0.2, 0.25) is 0 Å². The summed E-state index contributed by atoms with van der Waals surface area (Å²) < 4.78 is 2.03. The summed E-state index contributed by atoms with van der Waals surface area (Å²) in [6.45, 7) is 11.8. The number of likely N-dealkylation sites (tertiary alicyclic amines) is 1. The van der Waals surface area contributed by atoms with Gasteiger partial charge >= 0.3 is 6.03 Å². The number of nitrogens with one attached hydrogen (secondary N) is 1. The third kappa shape index (κ3) is 2.91. The molecule has 2 amide bonds. The van der Waals surface area contributed by atoms with Gasteiger partial charge in [-0.2, -0.15) is 5.10 Å². The number of hydrogen-bond acceptors (Lipinski definition) is 2. The molecule has 1 saturated heterocycles. The van der Waals surface area contributed by atoms with Crippen LogP contribution in [-0.4, -0.2) is 39.8 Å². The molecule has 0 unspecified atom stereocenters. The molecule has 1 aromatic rings. The summed E-state index contributed by atoms with van der Waals surface area (Å²) in [4.78, 5) is 13.8. The molecular formula is C14H24N4O. The summed E-state index contributed by atoms with van der Waals surface area (Å²) in [5.74, 6) is 0.456.